The minimum absolute atomic E-state index is 0.0381. The second-order valence-corrected chi connectivity index (χ2v) is 14.4. The Kier molecular flexibility index (Phi) is 9.40. The molecule has 0 aromatic heterocycles. The summed E-state index contributed by atoms with van der Waals surface area (Å²) >= 11 is 0. The van der Waals surface area contributed by atoms with Crippen LogP contribution in [0.1, 0.15) is 112 Å². The van der Waals surface area contributed by atoms with Crippen LogP contribution in [0.4, 0.5) is 4.79 Å². The Morgan fingerprint density at radius 2 is 1.89 bits per heavy atom. The van der Waals surface area contributed by atoms with E-state index >= 15 is 0 Å². The minimum atomic E-state index is -0.236. The second kappa shape index (κ2) is 12.0. The number of hydrogen-bond donors (Lipinski definition) is 1. The third kappa shape index (κ3) is 6.10. The summed E-state index contributed by atoms with van der Waals surface area (Å²) in [5.74, 6) is 5.21. The monoisotopic (exact) mass is 514 g/mol. The van der Waals surface area contributed by atoms with E-state index in [4.69, 9.17) is 4.74 Å². The van der Waals surface area contributed by atoms with E-state index in [0.717, 1.165) is 61.4 Å². The Labute approximate surface area is 228 Å². The van der Waals surface area contributed by atoms with Crippen LogP contribution in [0.2, 0.25) is 0 Å². The Morgan fingerprint density at radius 1 is 1.11 bits per heavy atom. The van der Waals surface area contributed by atoms with E-state index in [1.807, 2.05) is 0 Å². The van der Waals surface area contributed by atoms with Crippen LogP contribution in [0.5, 0.6) is 0 Å². The number of carbonyl (C=O) groups is 1. The van der Waals surface area contributed by atoms with Gasteiger partial charge in [-0.05, 0) is 105 Å². The van der Waals surface area contributed by atoms with Crippen molar-refractivity contribution in [2.75, 3.05) is 26.7 Å². The summed E-state index contributed by atoms with van der Waals surface area (Å²) in [5.41, 5.74) is 2.46. The molecular weight excluding hydrogens is 456 g/mol. The van der Waals surface area contributed by atoms with Gasteiger partial charge in [0.25, 0.3) is 0 Å². The van der Waals surface area contributed by atoms with Crippen LogP contribution in [-0.2, 0) is 4.74 Å². The van der Waals surface area contributed by atoms with Crippen LogP contribution in [0.25, 0.3) is 0 Å². The molecule has 0 radical (unpaired) electrons. The van der Waals surface area contributed by atoms with Crippen LogP contribution in [-0.4, -0.2) is 43.8 Å². The van der Waals surface area contributed by atoms with Crippen molar-refractivity contribution in [3.63, 3.8) is 0 Å². The summed E-state index contributed by atoms with van der Waals surface area (Å²) in [6.07, 6.45) is 16.7. The third-order valence-electron chi connectivity index (χ3n) is 11.8. The molecule has 3 fully saturated rings. The number of nitrogens with zero attached hydrogens (tertiary/aromatic N) is 1. The van der Waals surface area contributed by atoms with Crippen LogP contribution in [0.3, 0.4) is 0 Å². The fourth-order valence-electron chi connectivity index (χ4n) is 9.45. The van der Waals surface area contributed by atoms with Crippen molar-refractivity contribution in [3.8, 4) is 0 Å². The number of ether oxygens (including phenoxy) is 1. The Bertz CT molecular complexity index is 808. The zero-order valence-electron chi connectivity index (χ0n) is 25.3. The molecule has 0 heterocycles. The van der Waals surface area contributed by atoms with E-state index in [1.54, 1.807) is 5.57 Å². The Hall–Kier alpha value is -1.03. The number of amides is 1. The number of alkyl carbamates (subject to hydrolysis) is 1. The van der Waals surface area contributed by atoms with Crippen molar-refractivity contribution in [1.29, 1.82) is 0 Å². The lowest BCUT2D eigenvalue weighted by molar-refractivity contribution is -0.0581. The van der Waals surface area contributed by atoms with Gasteiger partial charge >= 0.3 is 6.09 Å². The Balaban J connectivity index is 1.35. The van der Waals surface area contributed by atoms with Crippen molar-refractivity contribution in [3.05, 3.63) is 11.6 Å². The highest BCUT2D eigenvalue weighted by Crippen LogP contribution is 2.67. The fourth-order valence-corrected chi connectivity index (χ4v) is 9.45. The van der Waals surface area contributed by atoms with Crippen LogP contribution < -0.4 is 5.32 Å². The number of rotatable bonds is 10. The van der Waals surface area contributed by atoms with Gasteiger partial charge in [0, 0.05) is 19.5 Å². The van der Waals surface area contributed by atoms with Crippen molar-refractivity contribution >= 4 is 6.09 Å². The zero-order chi connectivity index (χ0) is 26.8. The molecule has 1 amide bonds. The predicted molar refractivity (Wildman–Crippen MR) is 154 cm³/mol. The number of carbonyl (C=O) groups excluding carboxylic acids is 1. The molecule has 4 aliphatic carbocycles. The molecule has 212 valence electrons. The molecule has 37 heavy (non-hydrogen) atoms. The van der Waals surface area contributed by atoms with Crippen LogP contribution in [0, 0.1) is 46.3 Å². The summed E-state index contributed by atoms with van der Waals surface area (Å²) < 4.78 is 5.90. The van der Waals surface area contributed by atoms with E-state index < -0.39 is 0 Å². The van der Waals surface area contributed by atoms with Crippen molar-refractivity contribution in [1.82, 2.24) is 10.2 Å². The minimum Gasteiger partial charge on any atom is -0.446 e. The van der Waals surface area contributed by atoms with Crippen molar-refractivity contribution in [2.24, 2.45) is 46.3 Å². The van der Waals surface area contributed by atoms with Crippen LogP contribution in [0.15, 0.2) is 11.6 Å². The summed E-state index contributed by atoms with van der Waals surface area (Å²) in [6, 6.07) is 0. The molecule has 0 spiro atoms. The smallest absolute Gasteiger partial charge is 0.407 e. The average Bonchev–Trinajstić information content (AvgIpc) is 3.21. The summed E-state index contributed by atoms with van der Waals surface area (Å²) in [5, 5.41) is 2.96. The molecule has 1 N–H and O–H groups in total. The van der Waals surface area contributed by atoms with Gasteiger partial charge in [0.05, 0.1) is 0 Å². The topological polar surface area (TPSA) is 41.6 Å². The molecule has 3 saturated carbocycles. The lowest BCUT2D eigenvalue weighted by atomic mass is 9.47. The first-order chi connectivity index (χ1) is 17.6. The zero-order valence-corrected chi connectivity index (χ0v) is 25.3. The first-order valence-electron chi connectivity index (χ1n) is 15.9. The van der Waals surface area contributed by atoms with E-state index in [2.05, 4.69) is 64.9 Å². The molecule has 8 atom stereocenters. The molecule has 4 nitrogen and oxygen atoms in total. The summed E-state index contributed by atoms with van der Waals surface area (Å²) in [6.45, 7) is 17.2. The normalized spacial score (nSPS) is 38.0. The predicted octanol–water partition coefficient (Wildman–Crippen LogP) is 8.07. The van der Waals surface area contributed by atoms with Crippen molar-refractivity contribution in [2.45, 2.75) is 118 Å². The molecule has 0 saturated heterocycles. The molecule has 4 aliphatic rings. The largest absolute Gasteiger partial charge is 0.446 e. The van der Waals surface area contributed by atoms with E-state index in [1.165, 1.54) is 57.8 Å². The van der Waals surface area contributed by atoms with Gasteiger partial charge in [0.1, 0.15) is 6.10 Å². The standard InChI is InChI=1S/C33H58N2O2/c1-8-35(7)21-20-34-31(36)37-26-16-18-32(5)25(22-26)12-13-27-29-15-14-28(24(4)11-9-10-23(2)3)33(29,6)19-17-30(27)32/h12,23-24,26-30H,8-11,13-22H2,1-7H3,(H,34,36)/t24-,26?,27+,28-,29+,30+,32+,33-/m1/s1. The lowest BCUT2D eigenvalue weighted by Gasteiger charge is -2.58. The number of nitrogens with one attached hydrogen (secondary N) is 1. The maximum atomic E-state index is 12.4. The van der Waals surface area contributed by atoms with Gasteiger partial charge in [0.2, 0.25) is 0 Å². The molecule has 0 bridgehead atoms. The van der Waals surface area contributed by atoms with Gasteiger partial charge in [-0.25, -0.2) is 4.79 Å². The highest BCUT2D eigenvalue weighted by Gasteiger charge is 2.59. The van der Waals surface area contributed by atoms with Gasteiger partial charge in [-0.2, -0.15) is 0 Å². The van der Waals surface area contributed by atoms with Gasteiger partial charge in [-0.15, -0.1) is 0 Å². The first-order valence-corrected chi connectivity index (χ1v) is 15.9. The van der Waals surface area contributed by atoms with Crippen LogP contribution >= 0.6 is 0 Å². The number of allylic oxidation sites excluding steroid dienone is 1. The molecule has 4 rings (SSSR count). The van der Waals surface area contributed by atoms with Crippen molar-refractivity contribution < 1.29 is 9.53 Å². The van der Waals surface area contributed by atoms with E-state index in [9.17, 15) is 4.79 Å². The maximum absolute atomic E-state index is 12.4. The second-order valence-electron chi connectivity index (χ2n) is 14.4. The molecule has 0 aromatic rings. The number of fused-ring (bicyclic) bond motifs is 5. The highest BCUT2D eigenvalue weighted by atomic mass is 16.6. The summed E-state index contributed by atoms with van der Waals surface area (Å²) in [7, 11) is 2.08. The quantitative estimate of drug-likeness (QED) is 0.300. The fraction of sp³-hybridized carbons (Fsp3) is 0.909. The third-order valence-corrected chi connectivity index (χ3v) is 11.8. The molecule has 0 aromatic carbocycles. The molecule has 1 unspecified atom stereocenters. The van der Waals surface area contributed by atoms with E-state index in [-0.39, 0.29) is 12.2 Å². The van der Waals surface area contributed by atoms with Gasteiger partial charge in [-0.1, -0.05) is 72.5 Å². The molecular formula is C33H58N2O2. The summed E-state index contributed by atoms with van der Waals surface area (Å²) in [4.78, 5) is 14.6. The number of hydrogen-bond acceptors (Lipinski definition) is 3. The van der Waals surface area contributed by atoms with Gasteiger partial charge < -0.3 is 15.0 Å². The molecule has 0 aliphatic heterocycles. The number of likely N-dealkylation sites (N-methyl/N-ethyl adjacent to an activating group) is 1. The first kappa shape index (κ1) is 29.0. The lowest BCUT2D eigenvalue weighted by Crippen LogP contribution is -2.51. The Morgan fingerprint density at radius 3 is 2.62 bits per heavy atom. The van der Waals surface area contributed by atoms with Gasteiger partial charge in [-0.3, -0.25) is 0 Å². The van der Waals surface area contributed by atoms with E-state index in [0.29, 0.717) is 17.4 Å². The molecule has 4 heteroatoms. The SMILES string of the molecule is CCN(C)CCNC(=O)OC1CC[C@@]2(C)C(=CC[C@H]3[C@@H]4CC[C@H]([C@H](C)CCCC(C)C)[C@@]4(C)CC[C@@H]32)C1. The average molecular weight is 515 g/mol. The highest BCUT2D eigenvalue weighted by molar-refractivity contribution is 5.67. The van der Waals surface area contributed by atoms with Gasteiger partial charge in [0.15, 0.2) is 0 Å². The maximum Gasteiger partial charge on any atom is 0.407 e.